The Bertz CT molecular complexity index is 680. The Morgan fingerprint density at radius 2 is 2.14 bits per heavy atom. The van der Waals surface area contributed by atoms with Crippen LogP contribution in [0.3, 0.4) is 0 Å². The van der Waals surface area contributed by atoms with Gasteiger partial charge in [-0.05, 0) is 26.3 Å². The van der Waals surface area contributed by atoms with E-state index in [1.807, 2.05) is 27.0 Å². The van der Waals surface area contributed by atoms with E-state index in [1.54, 1.807) is 22.0 Å². The third-order valence-electron chi connectivity index (χ3n) is 3.60. The SMILES string of the molecule is Cc1cc(C)n(-c2cncc(NC3CCN(C)C3=O)n2)n1. The molecule has 0 aliphatic carbocycles. The number of likely N-dealkylation sites (N-methyl/N-ethyl adjacent to an activating group) is 1. The zero-order valence-electron chi connectivity index (χ0n) is 12.4. The van der Waals surface area contributed by atoms with Gasteiger partial charge in [-0.25, -0.2) is 9.67 Å². The summed E-state index contributed by atoms with van der Waals surface area (Å²) in [6, 6.07) is 1.76. The fourth-order valence-electron chi connectivity index (χ4n) is 2.52. The van der Waals surface area contributed by atoms with Crippen molar-refractivity contribution < 1.29 is 4.79 Å². The first kappa shape index (κ1) is 13.5. The molecule has 0 spiro atoms. The molecular weight excluding hydrogens is 268 g/mol. The van der Waals surface area contributed by atoms with E-state index in [-0.39, 0.29) is 11.9 Å². The van der Waals surface area contributed by atoms with Crippen LogP contribution >= 0.6 is 0 Å². The van der Waals surface area contributed by atoms with Gasteiger partial charge in [0, 0.05) is 19.3 Å². The number of hydrogen-bond donors (Lipinski definition) is 1. The van der Waals surface area contributed by atoms with Crippen LogP contribution in [-0.2, 0) is 4.79 Å². The highest BCUT2D eigenvalue weighted by atomic mass is 16.2. The molecule has 3 heterocycles. The summed E-state index contributed by atoms with van der Waals surface area (Å²) < 4.78 is 1.75. The lowest BCUT2D eigenvalue weighted by molar-refractivity contribution is -0.127. The molecular formula is C14H18N6O. The average molecular weight is 286 g/mol. The zero-order chi connectivity index (χ0) is 15.0. The van der Waals surface area contributed by atoms with Crippen molar-refractivity contribution in [3.8, 4) is 5.82 Å². The van der Waals surface area contributed by atoms with E-state index in [1.165, 1.54) is 0 Å². The highest BCUT2D eigenvalue weighted by Crippen LogP contribution is 2.16. The van der Waals surface area contributed by atoms with Crippen molar-refractivity contribution >= 4 is 11.7 Å². The van der Waals surface area contributed by atoms with Crippen molar-refractivity contribution in [3.05, 3.63) is 29.8 Å². The molecule has 1 amide bonds. The van der Waals surface area contributed by atoms with E-state index < -0.39 is 0 Å². The second kappa shape index (κ2) is 5.16. The smallest absolute Gasteiger partial charge is 0.244 e. The molecule has 1 N–H and O–H groups in total. The Morgan fingerprint density at radius 3 is 2.76 bits per heavy atom. The number of carbonyl (C=O) groups excluding carboxylic acids is 1. The maximum atomic E-state index is 11.9. The first-order valence-corrected chi connectivity index (χ1v) is 6.92. The molecule has 2 aromatic heterocycles. The highest BCUT2D eigenvalue weighted by molar-refractivity contribution is 5.86. The van der Waals surface area contributed by atoms with Crippen LogP contribution in [0.1, 0.15) is 17.8 Å². The summed E-state index contributed by atoms with van der Waals surface area (Å²) in [5, 5.41) is 7.54. The molecule has 1 saturated heterocycles. The second-order valence-corrected chi connectivity index (χ2v) is 5.35. The lowest BCUT2D eigenvalue weighted by atomic mass is 10.2. The molecule has 1 aliphatic rings. The minimum atomic E-state index is -0.222. The van der Waals surface area contributed by atoms with Crippen LogP contribution in [0.5, 0.6) is 0 Å². The molecule has 1 fully saturated rings. The largest absolute Gasteiger partial charge is 0.357 e. The van der Waals surface area contributed by atoms with Gasteiger partial charge in [0.2, 0.25) is 5.91 Å². The van der Waals surface area contributed by atoms with Gasteiger partial charge >= 0.3 is 0 Å². The molecule has 0 radical (unpaired) electrons. The van der Waals surface area contributed by atoms with E-state index >= 15 is 0 Å². The maximum absolute atomic E-state index is 11.9. The molecule has 0 aromatic carbocycles. The Kier molecular flexibility index (Phi) is 3.32. The van der Waals surface area contributed by atoms with Gasteiger partial charge in [0.05, 0.1) is 18.1 Å². The number of hydrogen-bond acceptors (Lipinski definition) is 5. The number of likely N-dealkylation sites (tertiary alicyclic amines) is 1. The van der Waals surface area contributed by atoms with Crippen LogP contribution in [-0.4, -0.2) is 50.2 Å². The van der Waals surface area contributed by atoms with E-state index in [0.717, 1.165) is 24.4 Å². The summed E-state index contributed by atoms with van der Waals surface area (Å²) in [4.78, 5) is 22.3. The molecule has 2 aromatic rings. The van der Waals surface area contributed by atoms with Gasteiger partial charge in [0.25, 0.3) is 0 Å². The van der Waals surface area contributed by atoms with Crippen LogP contribution in [0.2, 0.25) is 0 Å². The Labute approximate surface area is 123 Å². The molecule has 0 bridgehead atoms. The molecule has 21 heavy (non-hydrogen) atoms. The molecule has 3 rings (SSSR count). The van der Waals surface area contributed by atoms with Gasteiger partial charge in [-0.1, -0.05) is 0 Å². The van der Waals surface area contributed by atoms with Crippen LogP contribution in [0.4, 0.5) is 5.82 Å². The Hall–Kier alpha value is -2.44. The van der Waals surface area contributed by atoms with Gasteiger partial charge in [-0.15, -0.1) is 0 Å². The third-order valence-corrected chi connectivity index (χ3v) is 3.60. The number of anilines is 1. The fraction of sp³-hybridized carbons (Fsp3) is 0.429. The lowest BCUT2D eigenvalue weighted by Crippen LogP contribution is -2.31. The van der Waals surface area contributed by atoms with Crippen LogP contribution in [0, 0.1) is 13.8 Å². The number of nitrogens with one attached hydrogen (secondary N) is 1. The summed E-state index contributed by atoms with van der Waals surface area (Å²) in [7, 11) is 1.81. The summed E-state index contributed by atoms with van der Waals surface area (Å²) in [5.41, 5.74) is 1.93. The molecule has 0 saturated carbocycles. The van der Waals surface area contributed by atoms with Crippen molar-refractivity contribution in [2.45, 2.75) is 26.3 Å². The predicted molar refractivity (Wildman–Crippen MR) is 78.3 cm³/mol. The van der Waals surface area contributed by atoms with Gasteiger partial charge in [0.1, 0.15) is 11.9 Å². The standard InChI is InChI=1S/C14H18N6O/c1-9-6-10(2)20(18-9)13-8-15-7-12(17-13)16-11-4-5-19(3)14(11)21/h6-8,11H,4-5H2,1-3H3,(H,16,17). The van der Waals surface area contributed by atoms with E-state index in [0.29, 0.717) is 11.6 Å². The van der Waals surface area contributed by atoms with E-state index in [9.17, 15) is 4.79 Å². The fourth-order valence-corrected chi connectivity index (χ4v) is 2.52. The molecule has 1 unspecified atom stereocenters. The predicted octanol–water partition coefficient (Wildman–Crippen LogP) is 0.922. The number of rotatable bonds is 3. The summed E-state index contributed by atoms with van der Waals surface area (Å²) in [6.07, 6.45) is 4.06. The molecule has 1 atom stereocenters. The van der Waals surface area contributed by atoms with Crippen LogP contribution < -0.4 is 5.32 Å². The Morgan fingerprint density at radius 1 is 1.33 bits per heavy atom. The summed E-state index contributed by atoms with van der Waals surface area (Å²) in [5.74, 6) is 1.33. The first-order chi connectivity index (χ1) is 10.0. The molecule has 110 valence electrons. The normalized spacial score (nSPS) is 18.3. The van der Waals surface area contributed by atoms with E-state index in [4.69, 9.17) is 0 Å². The number of aromatic nitrogens is 4. The van der Waals surface area contributed by atoms with Crippen molar-refractivity contribution in [2.75, 3.05) is 18.9 Å². The number of aryl methyl sites for hydroxylation is 2. The van der Waals surface area contributed by atoms with E-state index in [2.05, 4.69) is 20.4 Å². The minimum Gasteiger partial charge on any atom is -0.357 e. The van der Waals surface area contributed by atoms with Gasteiger partial charge in [-0.3, -0.25) is 9.78 Å². The van der Waals surface area contributed by atoms with Crippen molar-refractivity contribution in [1.82, 2.24) is 24.6 Å². The van der Waals surface area contributed by atoms with Crippen molar-refractivity contribution in [1.29, 1.82) is 0 Å². The van der Waals surface area contributed by atoms with Crippen LogP contribution in [0.15, 0.2) is 18.5 Å². The molecule has 1 aliphatic heterocycles. The highest BCUT2D eigenvalue weighted by Gasteiger charge is 2.29. The molecule has 7 heteroatoms. The third kappa shape index (κ3) is 2.58. The second-order valence-electron chi connectivity index (χ2n) is 5.35. The van der Waals surface area contributed by atoms with Gasteiger partial charge < -0.3 is 10.2 Å². The quantitative estimate of drug-likeness (QED) is 0.908. The minimum absolute atomic E-state index is 0.0910. The number of nitrogens with zero attached hydrogens (tertiary/aromatic N) is 5. The maximum Gasteiger partial charge on any atom is 0.244 e. The topological polar surface area (TPSA) is 75.9 Å². The lowest BCUT2D eigenvalue weighted by Gasteiger charge is -2.13. The monoisotopic (exact) mass is 286 g/mol. The number of amides is 1. The summed E-state index contributed by atoms with van der Waals surface area (Å²) in [6.45, 7) is 4.67. The average Bonchev–Trinajstić information content (AvgIpc) is 2.95. The van der Waals surface area contributed by atoms with Crippen LogP contribution in [0.25, 0.3) is 5.82 Å². The van der Waals surface area contributed by atoms with Gasteiger partial charge in [-0.2, -0.15) is 5.10 Å². The number of carbonyl (C=O) groups is 1. The Balaban J connectivity index is 1.84. The zero-order valence-corrected chi connectivity index (χ0v) is 12.4. The first-order valence-electron chi connectivity index (χ1n) is 6.92. The van der Waals surface area contributed by atoms with Crippen molar-refractivity contribution in [2.24, 2.45) is 0 Å². The molecule has 7 nitrogen and oxygen atoms in total. The van der Waals surface area contributed by atoms with Crippen molar-refractivity contribution in [3.63, 3.8) is 0 Å². The summed E-state index contributed by atoms with van der Waals surface area (Å²) >= 11 is 0. The van der Waals surface area contributed by atoms with Gasteiger partial charge in [0.15, 0.2) is 5.82 Å².